The van der Waals surface area contributed by atoms with Gasteiger partial charge in [0.25, 0.3) is 5.91 Å². The summed E-state index contributed by atoms with van der Waals surface area (Å²) in [6.45, 7) is 6.21. The van der Waals surface area contributed by atoms with Crippen molar-refractivity contribution < 1.29 is 9.59 Å². The van der Waals surface area contributed by atoms with E-state index in [1.165, 1.54) is 0 Å². The van der Waals surface area contributed by atoms with Gasteiger partial charge in [-0.3, -0.25) is 9.59 Å². The van der Waals surface area contributed by atoms with Crippen LogP contribution in [0.4, 0.5) is 0 Å². The molecule has 0 radical (unpaired) electrons. The maximum atomic E-state index is 11.8. The van der Waals surface area contributed by atoms with Crippen LogP contribution in [0.2, 0.25) is 0 Å². The van der Waals surface area contributed by atoms with E-state index < -0.39 is 0 Å². The molecule has 0 bridgehead atoms. The Morgan fingerprint density at radius 2 is 1.73 bits per heavy atom. The molecule has 0 fully saturated rings. The van der Waals surface area contributed by atoms with Gasteiger partial charge in [-0.2, -0.15) is 0 Å². The molecule has 0 aliphatic carbocycles. The Balaban J connectivity index is 0.00000211. The van der Waals surface area contributed by atoms with E-state index in [0.29, 0.717) is 12.1 Å². The van der Waals surface area contributed by atoms with Gasteiger partial charge in [0.15, 0.2) is 0 Å². The third kappa shape index (κ3) is 8.20. The number of ketones is 1. The molecule has 1 atom stereocenters. The Bertz CT molecular complexity index is 446. The zero-order chi connectivity index (χ0) is 17.0. The fourth-order valence-corrected chi connectivity index (χ4v) is 2.09. The summed E-state index contributed by atoms with van der Waals surface area (Å²) in [5.74, 6) is 0.0819. The molecule has 0 saturated carbocycles. The van der Waals surface area contributed by atoms with E-state index in [-0.39, 0.29) is 17.7 Å². The highest BCUT2D eigenvalue weighted by molar-refractivity contribution is 7.80. The molecule has 1 aromatic rings. The molecule has 1 amide bonds. The molecule has 22 heavy (non-hydrogen) atoms. The zero-order valence-corrected chi connectivity index (χ0v) is 14.9. The SMILES string of the molecule is CC.CNC(CCCCNC(=O)c1ccc(S)cc1)C(C)=O. The van der Waals surface area contributed by atoms with Crippen LogP contribution in [-0.4, -0.2) is 31.3 Å². The van der Waals surface area contributed by atoms with E-state index in [2.05, 4.69) is 23.3 Å². The lowest BCUT2D eigenvalue weighted by Crippen LogP contribution is -2.32. The van der Waals surface area contributed by atoms with Crippen LogP contribution in [-0.2, 0) is 4.79 Å². The Kier molecular flexibility index (Phi) is 11.5. The topological polar surface area (TPSA) is 58.2 Å². The third-order valence-electron chi connectivity index (χ3n) is 3.17. The van der Waals surface area contributed by atoms with Crippen molar-refractivity contribution in [1.82, 2.24) is 10.6 Å². The number of hydrogen-bond acceptors (Lipinski definition) is 4. The molecule has 0 heterocycles. The number of unbranched alkanes of at least 4 members (excludes halogenated alkanes) is 1. The molecule has 4 nitrogen and oxygen atoms in total. The second kappa shape index (κ2) is 12.2. The number of hydrogen-bond donors (Lipinski definition) is 3. The highest BCUT2D eigenvalue weighted by Crippen LogP contribution is 2.07. The highest BCUT2D eigenvalue weighted by Gasteiger charge is 2.10. The molecule has 1 unspecified atom stereocenters. The van der Waals surface area contributed by atoms with Crippen LogP contribution in [0.3, 0.4) is 0 Å². The van der Waals surface area contributed by atoms with Gasteiger partial charge < -0.3 is 10.6 Å². The molecule has 0 spiro atoms. The van der Waals surface area contributed by atoms with Crippen molar-refractivity contribution in [3.05, 3.63) is 29.8 Å². The predicted octanol–water partition coefficient (Wildman–Crippen LogP) is 3.08. The van der Waals surface area contributed by atoms with Gasteiger partial charge in [-0.25, -0.2) is 0 Å². The largest absolute Gasteiger partial charge is 0.352 e. The molecule has 124 valence electrons. The Labute approximate surface area is 139 Å². The van der Waals surface area contributed by atoms with E-state index >= 15 is 0 Å². The molecule has 0 saturated heterocycles. The van der Waals surface area contributed by atoms with E-state index in [4.69, 9.17) is 0 Å². The standard InChI is InChI=1S/C15H22N2O2S.C2H6/c1-11(18)14(16-2)5-3-4-10-17-15(19)12-6-8-13(20)9-7-12;1-2/h6-9,14,16,20H,3-5,10H2,1-2H3,(H,17,19);1-2H3. The van der Waals surface area contributed by atoms with Gasteiger partial charge in [-0.15, -0.1) is 12.6 Å². The smallest absolute Gasteiger partial charge is 0.251 e. The lowest BCUT2D eigenvalue weighted by Gasteiger charge is -2.12. The fourth-order valence-electron chi connectivity index (χ4n) is 1.94. The van der Waals surface area contributed by atoms with Crippen molar-refractivity contribution in [2.75, 3.05) is 13.6 Å². The Morgan fingerprint density at radius 1 is 1.14 bits per heavy atom. The van der Waals surface area contributed by atoms with Crippen molar-refractivity contribution in [3.63, 3.8) is 0 Å². The second-order valence-electron chi connectivity index (χ2n) is 4.75. The second-order valence-corrected chi connectivity index (χ2v) is 5.27. The molecule has 2 N–H and O–H groups in total. The first-order chi connectivity index (χ1) is 10.5. The van der Waals surface area contributed by atoms with Crippen LogP contribution in [0.1, 0.15) is 50.4 Å². The summed E-state index contributed by atoms with van der Waals surface area (Å²) < 4.78 is 0. The fraction of sp³-hybridized carbons (Fsp3) is 0.529. The van der Waals surface area contributed by atoms with E-state index in [0.717, 1.165) is 24.2 Å². The molecule has 1 rings (SSSR count). The summed E-state index contributed by atoms with van der Waals surface area (Å²) in [6.07, 6.45) is 2.57. The number of likely N-dealkylation sites (N-methyl/N-ethyl adjacent to an activating group) is 1. The summed E-state index contributed by atoms with van der Waals surface area (Å²) >= 11 is 4.18. The summed E-state index contributed by atoms with van der Waals surface area (Å²) in [4.78, 5) is 23.9. The highest BCUT2D eigenvalue weighted by atomic mass is 32.1. The zero-order valence-electron chi connectivity index (χ0n) is 14.0. The normalized spacial score (nSPS) is 11.1. The monoisotopic (exact) mass is 324 g/mol. The summed E-state index contributed by atoms with van der Waals surface area (Å²) in [6, 6.07) is 7.02. The summed E-state index contributed by atoms with van der Waals surface area (Å²) in [5, 5.41) is 5.86. The van der Waals surface area contributed by atoms with Crippen molar-refractivity contribution in [3.8, 4) is 0 Å². The number of carbonyl (C=O) groups is 2. The van der Waals surface area contributed by atoms with Gasteiger partial charge in [0.05, 0.1) is 6.04 Å². The molecule has 0 aromatic heterocycles. The molecule has 0 aliphatic rings. The van der Waals surface area contributed by atoms with Crippen molar-refractivity contribution >= 4 is 24.3 Å². The minimum absolute atomic E-state index is 0.0740. The number of thiol groups is 1. The lowest BCUT2D eigenvalue weighted by molar-refractivity contribution is -0.119. The molecular weight excluding hydrogens is 296 g/mol. The number of benzene rings is 1. The van der Waals surface area contributed by atoms with Crippen LogP contribution in [0.15, 0.2) is 29.2 Å². The van der Waals surface area contributed by atoms with Crippen LogP contribution in [0, 0.1) is 0 Å². The molecule has 1 aromatic carbocycles. The average Bonchev–Trinajstić information content (AvgIpc) is 2.53. The quantitative estimate of drug-likeness (QED) is 0.509. The van der Waals surface area contributed by atoms with Crippen LogP contribution < -0.4 is 10.6 Å². The maximum Gasteiger partial charge on any atom is 0.251 e. The number of amides is 1. The number of rotatable bonds is 8. The lowest BCUT2D eigenvalue weighted by atomic mass is 10.1. The van der Waals surface area contributed by atoms with Gasteiger partial charge in [0.2, 0.25) is 0 Å². The Hall–Kier alpha value is -1.33. The van der Waals surface area contributed by atoms with Crippen molar-refractivity contribution in [1.29, 1.82) is 0 Å². The average molecular weight is 324 g/mol. The first-order valence-corrected chi connectivity index (χ1v) is 8.24. The van der Waals surface area contributed by atoms with Gasteiger partial charge in [-0.05, 0) is 57.5 Å². The molecule has 0 aliphatic heterocycles. The van der Waals surface area contributed by atoms with Crippen LogP contribution in [0.25, 0.3) is 0 Å². The van der Waals surface area contributed by atoms with E-state index in [1.54, 1.807) is 38.2 Å². The van der Waals surface area contributed by atoms with Gasteiger partial charge in [-0.1, -0.05) is 13.8 Å². The summed E-state index contributed by atoms with van der Waals surface area (Å²) in [5.41, 5.74) is 0.639. The van der Waals surface area contributed by atoms with Gasteiger partial charge in [0, 0.05) is 17.0 Å². The van der Waals surface area contributed by atoms with Gasteiger partial charge >= 0.3 is 0 Å². The Morgan fingerprint density at radius 3 is 2.23 bits per heavy atom. The van der Waals surface area contributed by atoms with Gasteiger partial charge in [0.1, 0.15) is 5.78 Å². The first-order valence-electron chi connectivity index (χ1n) is 7.79. The van der Waals surface area contributed by atoms with E-state index in [9.17, 15) is 9.59 Å². The maximum absolute atomic E-state index is 11.8. The number of nitrogens with one attached hydrogen (secondary N) is 2. The number of carbonyl (C=O) groups excluding carboxylic acids is 2. The first kappa shape index (κ1) is 20.7. The minimum Gasteiger partial charge on any atom is -0.352 e. The molecular formula is C17H28N2O2S. The predicted molar refractivity (Wildman–Crippen MR) is 94.8 cm³/mol. The van der Waals surface area contributed by atoms with Crippen LogP contribution >= 0.6 is 12.6 Å². The molecule has 5 heteroatoms. The minimum atomic E-state index is -0.0753. The van der Waals surface area contributed by atoms with Crippen LogP contribution in [0.5, 0.6) is 0 Å². The van der Waals surface area contributed by atoms with Crippen molar-refractivity contribution in [2.24, 2.45) is 0 Å². The third-order valence-corrected chi connectivity index (χ3v) is 3.47. The van der Waals surface area contributed by atoms with E-state index in [1.807, 2.05) is 13.8 Å². The van der Waals surface area contributed by atoms with Crippen molar-refractivity contribution in [2.45, 2.75) is 51.0 Å². The number of Topliss-reactive ketones (excluding diaryl/α,β-unsaturated/α-hetero) is 1. The summed E-state index contributed by atoms with van der Waals surface area (Å²) in [7, 11) is 1.79.